The average Bonchev–Trinajstić information content (AvgIpc) is 2.58. The molecule has 0 bridgehead atoms. The Morgan fingerprint density at radius 3 is 2.96 bits per heavy atom. The number of benzene rings is 1. The number of hydrogen-bond acceptors (Lipinski definition) is 5. The summed E-state index contributed by atoms with van der Waals surface area (Å²) >= 11 is 0. The Morgan fingerprint density at radius 1 is 1.46 bits per heavy atom. The standard InChI is InChI=1S/C17H23NO6/c1-12(24-11-13-4-3-5-14(8-13)22-2)17(21)18-6-7-23-15(10-18)9-16(19)20/h3-5,8,12,15H,6-7,9-11H2,1-2H3,(H,19,20)/t12-,15+/m0/s1. The fraction of sp³-hybridized carbons (Fsp3) is 0.529. The number of carbonyl (C=O) groups excluding carboxylic acids is 1. The van der Waals surface area contributed by atoms with Crippen LogP contribution in [0.1, 0.15) is 18.9 Å². The zero-order valence-electron chi connectivity index (χ0n) is 13.9. The fourth-order valence-corrected chi connectivity index (χ4v) is 2.55. The van der Waals surface area contributed by atoms with Crippen molar-refractivity contribution in [3.05, 3.63) is 29.8 Å². The van der Waals surface area contributed by atoms with E-state index in [-0.39, 0.29) is 18.9 Å². The lowest BCUT2D eigenvalue weighted by Crippen LogP contribution is -2.49. The summed E-state index contributed by atoms with van der Waals surface area (Å²) in [4.78, 5) is 24.8. The van der Waals surface area contributed by atoms with Crippen LogP contribution in [0.3, 0.4) is 0 Å². The largest absolute Gasteiger partial charge is 0.497 e. The van der Waals surface area contributed by atoms with Crippen molar-refractivity contribution in [2.75, 3.05) is 26.8 Å². The molecular weight excluding hydrogens is 314 g/mol. The second kappa shape index (κ2) is 8.65. The van der Waals surface area contributed by atoms with Crippen molar-refractivity contribution in [3.63, 3.8) is 0 Å². The third kappa shape index (κ3) is 5.21. The SMILES string of the molecule is COc1cccc(CO[C@@H](C)C(=O)N2CCO[C@H](CC(=O)O)C2)c1. The third-order valence-electron chi connectivity index (χ3n) is 3.83. The van der Waals surface area contributed by atoms with Crippen LogP contribution < -0.4 is 4.74 Å². The summed E-state index contributed by atoms with van der Waals surface area (Å²) in [5, 5.41) is 8.83. The van der Waals surface area contributed by atoms with Gasteiger partial charge in [0.05, 0.1) is 32.8 Å². The molecule has 0 radical (unpaired) electrons. The molecule has 1 aliphatic heterocycles. The number of carboxylic acids is 1. The summed E-state index contributed by atoms with van der Waals surface area (Å²) in [7, 11) is 1.60. The van der Waals surface area contributed by atoms with Crippen LogP contribution >= 0.6 is 0 Å². The Bertz CT molecular complexity index is 576. The minimum absolute atomic E-state index is 0.108. The van der Waals surface area contributed by atoms with Gasteiger partial charge in [-0.3, -0.25) is 9.59 Å². The van der Waals surface area contributed by atoms with Crippen LogP contribution in [0.4, 0.5) is 0 Å². The summed E-state index contributed by atoms with van der Waals surface area (Å²) in [5.41, 5.74) is 0.916. The highest BCUT2D eigenvalue weighted by Crippen LogP contribution is 2.15. The summed E-state index contributed by atoms with van der Waals surface area (Å²) in [6, 6.07) is 7.46. The predicted octanol–water partition coefficient (Wildman–Crippen LogP) is 1.30. The molecule has 7 nitrogen and oxygen atoms in total. The van der Waals surface area contributed by atoms with E-state index in [0.717, 1.165) is 11.3 Å². The first-order valence-corrected chi connectivity index (χ1v) is 7.86. The number of morpholine rings is 1. The molecule has 1 saturated heterocycles. The number of amides is 1. The van der Waals surface area contributed by atoms with E-state index in [1.807, 2.05) is 24.3 Å². The van der Waals surface area contributed by atoms with Crippen molar-refractivity contribution in [2.45, 2.75) is 32.2 Å². The van der Waals surface area contributed by atoms with Crippen LogP contribution in [0, 0.1) is 0 Å². The second-order valence-electron chi connectivity index (χ2n) is 5.68. The third-order valence-corrected chi connectivity index (χ3v) is 3.83. The summed E-state index contributed by atoms with van der Waals surface area (Å²) in [5.74, 6) is -0.354. The molecule has 1 N–H and O–H groups in total. The number of carboxylic acid groups (broad SMARTS) is 1. The van der Waals surface area contributed by atoms with E-state index in [4.69, 9.17) is 19.3 Å². The minimum Gasteiger partial charge on any atom is -0.497 e. The Kier molecular flexibility index (Phi) is 6.57. The Labute approximate surface area is 141 Å². The number of ether oxygens (including phenoxy) is 3. The number of nitrogens with zero attached hydrogens (tertiary/aromatic N) is 1. The van der Waals surface area contributed by atoms with E-state index in [9.17, 15) is 9.59 Å². The molecule has 7 heteroatoms. The van der Waals surface area contributed by atoms with Crippen LogP contribution in [0.2, 0.25) is 0 Å². The van der Waals surface area contributed by atoms with Crippen molar-refractivity contribution in [1.82, 2.24) is 4.90 Å². The molecule has 0 saturated carbocycles. The zero-order valence-corrected chi connectivity index (χ0v) is 13.9. The molecule has 2 atom stereocenters. The van der Waals surface area contributed by atoms with Gasteiger partial charge in [-0.25, -0.2) is 0 Å². The van der Waals surface area contributed by atoms with Crippen molar-refractivity contribution in [1.29, 1.82) is 0 Å². The van der Waals surface area contributed by atoms with E-state index in [1.54, 1.807) is 18.9 Å². The summed E-state index contributed by atoms with van der Waals surface area (Å²) in [6.45, 7) is 3.06. The molecule has 132 valence electrons. The lowest BCUT2D eigenvalue weighted by Gasteiger charge is -2.33. The molecule has 1 fully saturated rings. The normalized spacial score (nSPS) is 18.9. The van der Waals surface area contributed by atoms with Crippen LogP contribution in [0.25, 0.3) is 0 Å². The van der Waals surface area contributed by atoms with Crippen LogP contribution in [0.5, 0.6) is 5.75 Å². The topological polar surface area (TPSA) is 85.3 Å². The first-order chi connectivity index (χ1) is 11.5. The number of rotatable bonds is 7. The molecule has 0 spiro atoms. The lowest BCUT2D eigenvalue weighted by atomic mass is 10.2. The molecule has 1 aliphatic rings. The fourth-order valence-electron chi connectivity index (χ4n) is 2.55. The quantitative estimate of drug-likeness (QED) is 0.807. The molecule has 0 aromatic heterocycles. The average molecular weight is 337 g/mol. The van der Waals surface area contributed by atoms with Gasteiger partial charge in [0.2, 0.25) is 0 Å². The summed E-state index contributed by atoms with van der Waals surface area (Å²) < 4.78 is 16.2. The van der Waals surface area contributed by atoms with Crippen molar-refractivity contribution in [2.24, 2.45) is 0 Å². The highest BCUT2D eigenvalue weighted by atomic mass is 16.5. The molecule has 2 rings (SSSR count). The van der Waals surface area contributed by atoms with Gasteiger partial charge in [0.15, 0.2) is 0 Å². The van der Waals surface area contributed by atoms with Crippen molar-refractivity contribution >= 4 is 11.9 Å². The van der Waals surface area contributed by atoms with Gasteiger partial charge in [-0.15, -0.1) is 0 Å². The van der Waals surface area contributed by atoms with E-state index < -0.39 is 18.2 Å². The highest BCUT2D eigenvalue weighted by Gasteiger charge is 2.28. The van der Waals surface area contributed by atoms with Crippen LogP contribution in [0.15, 0.2) is 24.3 Å². The molecule has 24 heavy (non-hydrogen) atoms. The Morgan fingerprint density at radius 2 is 2.25 bits per heavy atom. The molecule has 1 amide bonds. The van der Waals surface area contributed by atoms with Gasteiger partial charge in [0.1, 0.15) is 11.9 Å². The van der Waals surface area contributed by atoms with Gasteiger partial charge < -0.3 is 24.2 Å². The maximum atomic E-state index is 12.4. The number of hydrogen-bond donors (Lipinski definition) is 1. The van der Waals surface area contributed by atoms with E-state index in [0.29, 0.717) is 19.8 Å². The van der Waals surface area contributed by atoms with Gasteiger partial charge in [0.25, 0.3) is 5.91 Å². The van der Waals surface area contributed by atoms with Gasteiger partial charge in [-0.1, -0.05) is 12.1 Å². The van der Waals surface area contributed by atoms with Gasteiger partial charge in [-0.2, -0.15) is 0 Å². The molecule has 1 aromatic rings. The highest BCUT2D eigenvalue weighted by molar-refractivity contribution is 5.80. The monoisotopic (exact) mass is 337 g/mol. The Balaban J connectivity index is 1.85. The minimum atomic E-state index is -0.934. The molecular formula is C17H23NO6. The van der Waals surface area contributed by atoms with E-state index in [2.05, 4.69) is 0 Å². The molecule has 0 unspecified atom stereocenters. The number of methoxy groups -OCH3 is 1. The first kappa shape index (κ1) is 18.2. The zero-order chi connectivity index (χ0) is 17.5. The first-order valence-electron chi connectivity index (χ1n) is 7.86. The van der Waals surface area contributed by atoms with Gasteiger partial charge in [0, 0.05) is 13.1 Å². The van der Waals surface area contributed by atoms with Gasteiger partial charge in [-0.05, 0) is 24.6 Å². The van der Waals surface area contributed by atoms with Crippen molar-refractivity contribution < 1.29 is 28.9 Å². The second-order valence-corrected chi connectivity index (χ2v) is 5.68. The van der Waals surface area contributed by atoms with Crippen LogP contribution in [-0.4, -0.2) is 60.9 Å². The van der Waals surface area contributed by atoms with E-state index in [1.165, 1.54) is 0 Å². The molecule has 1 heterocycles. The smallest absolute Gasteiger partial charge is 0.306 e. The molecule has 1 aromatic carbocycles. The van der Waals surface area contributed by atoms with Crippen LogP contribution in [-0.2, 0) is 25.7 Å². The Hall–Kier alpha value is -2.12. The number of aliphatic carboxylic acids is 1. The van der Waals surface area contributed by atoms with E-state index >= 15 is 0 Å². The van der Waals surface area contributed by atoms with Gasteiger partial charge >= 0.3 is 5.97 Å². The predicted molar refractivity (Wildman–Crippen MR) is 85.8 cm³/mol. The molecule has 0 aliphatic carbocycles. The maximum Gasteiger partial charge on any atom is 0.306 e. The number of carbonyl (C=O) groups is 2. The maximum absolute atomic E-state index is 12.4. The van der Waals surface area contributed by atoms with Crippen molar-refractivity contribution in [3.8, 4) is 5.75 Å². The lowest BCUT2D eigenvalue weighted by molar-refractivity contribution is -0.154. The summed E-state index contributed by atoms with van der Waals surface area (Å²) in [6.07, 6.45) is -1.19.